The van der Waals surface area contributed by atoms with Crippen LogP contribution in [0.25, 0.3) is 10.8 Å². The van der Waals surface area contributed by atoms with Crippen molar-refractivity contribution in [3.63, 3.8) is 0 Å². The summed E-state index contributed by atoms with van der Waals surface area (Å²) >= 11 is 0. The standard InChI is InChI=1S/C26H38N2O2.2ClH/c1-27(2)23-11-15-28(16-12-23)19-25(26(29)13-5-4-6-14-26)22-8-7-21-18-24(30-3)10-9-20(21)17-22;;/h7-10,17-18,23,25,29H,4-6,11-16,19H2,1-3H3;2*1H. The van der Waals surface area contributed by atoms with E-state index in [9.17, 15) is 5.11 Å². The molecule has 4 rings (SSSR count). The van der Waals surface area contributed by atoms with Crippen LogP contribution in [0, 0.1) is 0 Å². The van der Waals surface area contributed by atoms with E-state index in [0.29, 0.717) is 6.04 Å². The molecule has 0 aromatic heterocycles. The van der Waals surface area contributed by atoms with Crippen molar-refractivity contribution in [2.45, 2.75) is 62.5 Å². The third-order valence-corrected chi connectivity index (χ3v) is 7.57. The fraction of sp³-hybridized carbons (Fsp3) is 0.615. The lowest BCUT2D eigenvalue weighted by Gasteiger charge is -2.43. The number of nitrogens with zero attached hydrogens (tertiary/aromatic N) is 2. The van der Waals surface area contributed by atoms with Crippen LogP contribution in [0.4, 0.5) is 0 Å². The first kappa shape index (κ1) is 27.2. The number of hydrogen-bond acceptors (Lipinski definition) is 4. The molecule has 1 unspecified atom stereocenters. The molecule has 1 N–H and O–H groups in total. The molecule has 2 aromatic carbocycles. The number of likely N-dealkylation sites (tertiary alicyclic amines) is 1. The monoisotopic (exact) mass is 482 g/mol. The Bertz CT molecular complexity index is 847. The van der Waals surface area contributed by atoms with Crippen molar-refractivity contribution in [1.29, 1.82) is 0 Å². The number of methoxy groups -OCH3 is 1. The fourth-order valence-corrected chi connectivity index (χ4v) is 5.56. The molecule has 0 radical (unpaired) electrons. The van der Waals surface area contributed by atoms with Gasteiger partial charge in [-0.15, -0.1) is 24.8 Å². The molecule has 180 valence electrons. The number of benzene rings is 2. The van der Waals surface area contributed by atoms with Crippen LogP contribution in [0.15, 0.2) is 36.4 Å². The zero-order valence-electron chi connectivity index (χ0n) is 19.8. The van der Waals surface area contributed by atoms with Crippen molar-refractivity contribution in [3.05, 3.63) is 42.0 Å². The van der Waals surface area contributed by atoms with E-state index < -0.39 is 5.60 Å². The van der Waals surface area contributed by atoms with Gasteiger partial charge in [-0.05, 0) is 81.3 Å². The van der Waals surface area contributed by atoms with Crippen LogP contribution >= 0.6 is 24.8 Å². The quantitative estimate of drug-likeness (QED) is 0.589. The molecule has 1 aliphatic carbocycles. The van der Waals surface area contributed by atoms with Gasteiger partial charge >= 0.3 is 0 Å². The molecule has 2 aromatic rings. The zero-order chi connectivity index (χ0) is 21.1. The first-order chi connectivity index (χ1) is 14.5. The van der Waals surface area contributed by atoms with Crippen molar-refractivity contribution in [2.75, 3.05) is 40.8 Å². The van der Waals surface area contributed by atoms with Gasteiger partial charge in [0, 0.05) is 18.5 Å². The topological polar surface area (TPSA) is 35.9 Å². The summed E-state index contributed by atoms with van der Waals surface area (Å²) in [6.45, 7) is 3.21. The molecule has 1 saturated heterocycles. The van der Waals surface area contributed by atoms with E-state index in [1.54, 1.807) is 7.11 Å². The zero-order valence-corrected chi connectivity index (χ0v) is 21.4. The van der Waals surface area contributed by atoms with E-state index in [-0.39, 0.29) is 30.7 Å². The predicted octanol–water partition coefficient (Wildman–Crippen LogP) is 5.50. The van der Waals surface area contributed by atoms with Crippen LogP contribution < -0.4 is 4.74 Å². The minimum atomic E-state index is -0.587. The normalized spacial score (nSPS) is 20.4. The van der Waals surface area contributed by atoms with Gasteiger partial charge in [0.25, 0.3) is 0 Å². The van der Waals surface area contributed by atoms with Crippen LogP contribution in [-0.4, -0.2) is 67.4 Å². The Morgan fingerprint density at radius 1 is 1.00 bits per heavy atom. The molecule has 1 heterocycles. The first-order valence-electron chi connectivity index (χ1n) is 11.7. The minimum absolute atomic E-state index is 0. The van der Waals surface area contributed by atoms with Gasteiger partial charge in [0.2, 0.25) is 0 Å². The summed E-state index contributed by atoms with van der Waals surface area (Å²) in [6.07, 6.45) is 7.81. The molecular formula is C26H40Cl2N2O2. The Balaban J connectivity index is 0.00000181. The largest absolute Gasteiger partial charge is 0.497 e. The Morgan fingerprint density at radius 2 is 1.62 bits per heavy atom. The summed E-state index contributed by atoms with van der Waals surface area (Å²) in [4.78, 5) is 4.95. The van der Waals surface area contributed by atoms with Crippen molar-refractivity contribution in [1.82, 2.24) is 9.80 Å². The van der Waals surface area contributed by atoms with Gasteiger partial charge in [-0.1, -0.05) is 43.5 Å². The highest BCUT2D eigenvalue weighted by atomic mass is 35.5. The van der Waals surface area contributed by atoms with E-state index in [1.165, 1.54) is 35.6 Å². The van der Waals surface area contributed by atoms with Gasteiger partial charge in [0.1, 0.15) is 5.75 Å². The maximum Gasteiger partial charge on any atom is 0.119 e. The highest BCUT2D eigenvalue weighted by Gasteiger charge is 2.40. The van der Waals surface area contributed by atoms with Crippen LogP contribution in [0.3, 0.4) is 0 Å². The maximum atomic E-state index is 11.8. The Morgan fingerprint density at radius 3 is 2.25 bits per heavy atom. The second-order valence-electron chi connectivity index (χ2n) is 9.68. The van der Waals surface area contributed by atoms with E-state index >= 15 is 0 Å². The SMILES string of the molecule is COc1ccc2cc(C(CN3CCC(N(C)C)CC3)C3(O)CCCCC3)ccc2c1.Cl.Cl. The van der Waals surface area contributed by atoms with E-state index in [4.69, 9.17) is 4.74 Å². The van der Waals surface area contributed by atoms with Crippen molar-refractivity contribution in [2.24, 2.45) is 0 Å². The lowest BCUT2D eigenvalue weighted by molar-refractivity contribution is -0.0335. The van der Waals surface area contributed by atoms with Gasteiger partial charge in [0.15, 0.2) is 0 Å². The summed E-state index contributed by atoms with van der Waals surface area (Å²) < 4.78 is 5.39. The molecule has 2 fully saturated rings. The summed E-state index contributed by atoms with van der Waals surface area (Å²) in [5.74, 6) is 1.06. The third-order valence-electron chi connectivity index (χ3n) is 7.57. The second-order valence-corrected chi connectivity index (χ2v) is 9.68. The van der Waals surface area contributed by atoms with Crippen LogP contribution in [0.1, 0.15) is 56.4 Å². The Kier molecular flexibility index (Phi) is 10.1. The number of halogens is 2. The van der Waals surface area contributed by atoms with Gasteiger partial charge in [-0.25, -0.2) is 0 Å². The fourth-order valence-electron chi connectivity index (χ4n) is 5.56. The molecule has 0 bridgehead atoms. The molecule has 32 heavy (non-hydrogen) atoms. The number of hydrogen-bond donors (Lipinski definition) is 1. The third kappa shape index (κ3) is 6.09. The van der Waals surface area contributed by atoms with Gasteiger partial charge in [-0.2, -0.15) is 0 Å². The molecule has 6 heteroatoms. The number of piperidine rings is 1. The molecule has 4 nitrogen and oxygen atoms in total. The molecule has 0 amide bonds. The summed E-state index contributed by atoms with van der Waals surface area (Å²) in [7, 11) is 6.10. The van der Waals surface area contributed by atoms with Gasteiger partial charge in [0.05, 0.1) is 12.7 Å². The average molecular weight is 484 g/mol. The smallest absolute Gasteiger partial charge is 0.119 e. The molecule has 2 aliphatic rings. The summed E-state index contributed by atoms with van der Waals surface area (Å²) in [5, 5.41) is 14.2. The number of rotatable bonds is 6. The summed E-state index contributed by atoms with van der Waals surface area (Å²) in [5.41, 5.74) is 0.698. The predicted molar refractivity (Wildman–Crippen MR) is 139 cm³/mol. The van der Waals surface area contributed by atoms with Crippen LogP contribution in [0.2, 0.25) is 0 Å². The second kappa shape index (κ2) is 11.9. The van der Waals surface area contributed by atoms with Crippen LogP contribution in [0.5, 0.6) is 5.75 Å². The maximum absolute atomic E-state index is 11.8. The molecule has 1 atom stereocenters. The molecule has 1 aliphatic heterocycles. The number of ether oxygens (including phenoxy) is 1. The van der Waals surface area contributed by atoms with Gasteiger partial charge in [-0.3, -0.25) is 0 Å². The summed E-state index contributed by atoms with van der Waals surface area (Å²) in [6, 6.07) is 13.7. The Labute approximate surface area is 206 Å². The van der Waals surface area contributed by atoms with E-state index in [0.717, 1.165) is 51.1 Å². The van der Waals surface area contributed by atoms with Crippen molar-refractivity contribution < 1.29 is 9.84 Å². The number of fused-ring (bicyclic) bond motifs is 1. The highest BCUT2D eigenvalue weighted by molar-refractivity contribution is 5.86. The average Bonchev–Trinajstić information content (AvgIpc) is 2.77. The Hall–Kier alpha value is -1.04. The lowest BCUT2D eigenvalue weighted by Crippen LogP contribution is -2.48. The van der Waals surface area contributed by atoms with E-state index in [1.807, 2.05) is 6.07 Å². The highest BCUT2D eigenvalue weighted by Crippen LogP contribution is 2.41. The van der Waals surface area contributed by atoms with Crippen LogP contribution in [-0.2, 0) is 0 Å². The minimum Gasteiger partial charge on any atom is -0.497 e. The van der Waals surface area contributed by atoms with Gasteiger partial charge < -0.3 is 19.6 Å². The molecular weight excluding hydrogens is 443 g/mol. The van der Waals surface area contributed by atoms with Crippen molar-refractivity contribution >= 4 is 35.6 Å². The first-order valence-corrected chi connectivity index (χ1v) is 11.7. The number of aliphatic hydroxyl groups is 1. The molecule has 0 spiro atoms. The van der Waals surface area contributed by atoms with E-state index in [2.05, 4.69) is 54.2 Å². The lowest BCUT2D eigenvalue weighted by atomic mass is 9.72. The van der Waals surface area contributed by atoms with Crippen molar-refractivity contribution in [3.8, 4) is 5.75 Å². The molecule has 1 saturated carbocycles.